The summed E-state index contributed by atoms with van der Waals surface area (Å²) >= 11 is 0. The molecule has 2 rings (SSSR count). The molecule has 0 spiro atoms. The number of fused-ring (bicyclic) bond motifs is 1. The molecular formula is C12H21N3O3. The second kappa shape index (κ2) is 5.67. The minimum absolute atomic E-state index is 0.0457. The number of carbonyl (C=O) groups is 2. The van der Waals surface area contributed by atoms with Crippen LogP contribution in [0.1, 0.15) is 19.8 Å². The van der Waals surface area contributed by atoms with E-state index in [4.69, 9.17) is 10.5 Å². The van der Waals surface area contributed by atoms with Crippen LogP contribution in [0.3, 0.4) is 0 Å². The largest absolute Gasteiger partial charge is 0.375 e. The number of carbonyl (C=O) groups excluding carboxylic acids is 2. The molecule has 2 aliphatic rings. The van der Waals surface area contributed by atoms with Gasteiger partial charge in [-0.1, -0.05) is 0 Å². The molecular weight excluding hydrogens is 234 g/mol. The van der Waals surface area contributed by atoms with E-state index in [1.54, 1.807) is 9.80 Å². The minimum Gasteiger partial charge on any atom is -0.375 e. The lowest BCUT2D eigenvalue weighted by molar-refractivity contribution is -0.155. The van der Waals surface area contributed by atoms with Crippen molar-refractivity contribution in [2.24, 2.45) is 5.73 Å². The first-order chi connectivity index (χ1) is 8.67. The van der Waals surface area contributed by atoms with Crippen molar-refractivity contribution in [2.75, 3.05) is 32.8 Å². The van der Waals surface area contributed by atoms with E-state index in [-0.39, 0.29) is 30.5 Å². The van der Waals surface area contributed by atoms with Gasteiger partial charge in [-0.3, -0.25) is 9.59 Å². The standard InChI is InChI=1S/C12H21N3O3/c1-2-18-9(6-13)7-14-8-11(16)15-5-3-4-10(15)12(14)17/h9-10H,2-8,13H2,1H3. The number of hydrogen-bond acceptors (Lipinski definition) is 4. The van der Waals surface area contributed by atoms with Gasteiger partial charge in [0.15, 0.2) is 0 Å². The predicted molar refractivity (Wildman–Crippen MR) is 65.8 cm³/mol. The Bertz CT molecular complexity index is 335. The molecule has 6 heteroatoms. The highest BCUT2D eigenvalue weighted by Gasteiger charge is 2.42. The van der Waals surface area contributed by atoms with Crippen LogP contribution in [0.25, 0.3) is 0 Å². The Morgan fingerprint density at radius 2 is 2.28 bits per heavy atom. The van der Waals surface area contributed by atoms with Crippen molar-refractivity contribution >= 4 is 11.8 Å². The Balaban J connectivity index is 2.00. The topological polar surface area (TPSA) is 75.9 Å². The highest BCUT2D eigenvalue weighted by molar-refractivity contribution is 5.95. The zero-order valence-electron chi connectivity index (χ0n) is 10.8. The number of hydrogen-bond donors (Lipinski definition) is 1. The van der Waals surface area contributed by atoms with Crippen LogP contribution >= 0.6 is 0 Å². The zero-order chi connectivity index (χ0) is 13.1. The fourth-order valence-corrected chi connectivity index (χ4v) is 2.70. The Morgan fingerprint density at radius 3 is 2.94 bits per heavy atom. The number of ether oxygens (including phenoxy) is 1. The molecule has 0 aromatic rings. The number of nitrogens with zero attached hydrogens (tertiary/aromatic N) is 2. The molecule has 18 heavy (non-hydrogen) atoms. The van der Waals surface area contributed by atoms with Crippen LogP contribution in [-0.4, -0.2) is 66.5 Å². The number of rotatable bonds is 5. The normalized spacial score (nSPS) is 25.6. The van der Waals surface area contributed by atoms with Gasteiger partial charge in [0.25, 0.3) is 0 Å². The molecule has 0 aromatic carbocycles. The third-order valence-corrected chi connectivity index (χ3v) is 3.59. The molecule has 0 radical (unpaired) electrons. The molecule has 2 atom stereocenters. The highest BCUT2D eigenvalue weighted by Crippen LogP contribution is 2.23. The van der Waals surface area contributed by atoms with Crippen LogP contribution in [0.2, 0.25) is 0 Å². The van der Waals surface area contributed by atoms with E-state index in [1.165, 1.54) is 0 Å². The number of piperazine rings is 1. The van der Waals surface area contributed by atoms with Crippen molar-refractivity contribution in [3.8, 4) is 0 Å². The first-order valence-electron chi connectivity index (χ1n) is 6.57. The molecule has 0 bridgehead atoms. The Morgan fingerprint density at radius 1 is 1.50 bits per heavy atom. The lowest BCUT2D eigenvalue weighted by Gasteiger charge is -2.37. The molecule has 102 valence electrons. The van der Waals surface area contributed by atoms with Gasteiger partial charge in [-0.2, -0.15) is 0 Å². The SMILES string of the molecule is CCOC(CN)CN1CC(=O)N2CCCC2C1=O. The van der Waals surface area contributed by atoms with Crippen LogP contribution in [0, 0.1) is 0 Å². The lowest BCUT2D eigenvalue weighted by Crippen LogP contribution is -2.59. The highest BCUT2D eigenvalue weighted by atomic mass is 16.5. The van der Waals surface area contributed by atoms with E-state index >= 15 is 0 Å². The van der Waals surface area contributed by atoms with Gasteiger partial charge in [-0.25, -0.2) is 0 Å². The third kappa shape index (κ3) is 2.49. The van der Waals surface area contributed by atoms with E-state index in [0.717, 1.165) is 19.4 Å². The van der Waals surface area contributed by atoms with Gasteiger partial charge in [-0.15, -0.1) is 0 Å². The smallest absolute Gasteiger partial charge is 0.245 e. The maximum absolute atomic E-state index is 12.2. The average Bonchev–Trinajstić information content (AvgIpc) is 2.84. The van der Waals surface area contributed by atoms with Gasteiger partial charge in [0.1, 0.15) is 6.04 Å². The van der Waals surface area contributed by atoms with Crippen molar-refractivity contribution in [1.82, 2.24) is 9.80 Å². The summed E-state index contributed by atoms with van der Waals surface area (Å²) in [5.41, 5.74) is 5.60. The molecule has 2 fully saturated rings. The minimum atomic E-state index is -0.244. The summed E-state index contributed by atoms with van der Waals surface area (Å²) in [7, 11) is 0. The molecule has 2 amide bonds. The first-order valence-corrected chi connectivity index (χ1v) is 6.57. The van der Waals surface area contributed by atoms with Crippen LogP contribution in [0.5, 0.6) is 0 Å². The van der Waals surface area contributed by atoms with Gasteiger partial charge in [0, 0.05) is 26.2 Å². The second-order valence-electron chi connectivity index (χ2n) is 4.78. The number of amides is 2. The summed E-state index contributed by atoms with van der Waals surface area (Å²) in [6, 6.07) is -0.244. The van der Waals surface area contributed by atoms with Crippen molar-refractivity contribution in [2.45, 2.75) is 31.9 Å². The maximum Gasteiger partial charge on any atom is 0.245 e. The molecule has 2 N–H and O–H groups in total. The van der Waals surface area contributed by atoms with E-state index in [9.17, 15) is 9.59 Å². The van der Waals surface area contributed by atoms with Gasteiger partial charge in [0.05, 0.1) is 12.6 Å². The Hall–Kier alpha value is -1.14. The molecule has 2 heterocycles. The van der Waals surface area contributed by atoms with Crippen LogP contribution in [-0.2, 0) is 14.3 Å². The molecule has 6 nitrogen and oxygen atoms in total. The molecule has 0 aliphatic carbocycles. The maximum atomic E-state index is 12.2. The van der Waals surface area contributed by atoms with Crippen molar-refractivity contribution < 1.29 is 14.3 Å². The van der Waals surface area contributed by atoms with Crippen molar-refractivity contribution in [3.05, 3.63) is 0 Å². The van der Waals surface area contributed by atoms with Gasteiger partial charge in [-0.05, 0) is 19.8 Å². The summed E-state index contributed by atoms with van der Waals surface area (Å²) in [5, 5.41) is 0. The Labute approximate surface area is 107 Å². The third-order valence-electron chi connectivity index (χ3n) is 3.59. The molecule has 2 saturated heterocycles. The van der Waals surface area contributed by atoms with E-state index in [0.29, 0.717) is 19.7 Å². The van der Waals surface area contributed by atoms with E-state index in [2.05, 4.69) is 0 Å². The summed E-state index contributed by atoms with van der Waals surface area (Å²) in [6.07, 6.45) is 1.52. The monoisotopic (exact) mass is 255 g/mol. The van der Waals surface area contributed by atoms with Gasteiger partial charge < -0.3 is 20.3 Å². The van der Waals surface area contributed by atoms with Gasteiger partial charge >= 0.3 is 0 Å². The van der Waals surface area contributed by atoms with Gasteiger partial charge in [0.2, 0.25) is 11.8 Å². The van der Waals surface area contributed by atoms with Crippen LogP contribution < -0.4 is 5.73 Å². The van der Waals surface area contributed by atoms with Crippen LogP contribution in [0.4, 0.5) is 0 Å². The quantitative estimate of drug-likeness (QED) is 0.696. The summed E-state index contributed by atoms with van der Waals surface area (Å²) < 4.78 is 5.44. The number of nitrogens with two attached hydrogens (primary N) is 1. The average molecular weight is 255 g/mol. The molecule has 2 aliphatic heterocycles. The second-order valence-corrected chi connectivity index (χ2v) is 4.78. The van der Waals surface area contributed by atoms with Crippen LogP contribution in [0.15, 0.2) is 0 Å². The van der Waals surface area contributed by atoms with E-state index < -0.39 is 0 Å². The lowest BCUT2D eigenvalue weighted by atomic mass is 10.1. The fourth-order valence-electron chi connectivity index (χ4n) is 2.70. The summed E-state index contributed by atoms with van der Waals surface area (Å²) in [5.74, 6) is 0.0922. The molecule has 0 saturated carbocycles. The fraction of sp³-hybridized carbons (Fsp3) is 0.833. The van der Waals surface area contributed by atoms with Crippen molar-refractivity contribution in [1.29, 1.82) is 0 Å². The van der Waals surface area contributed by atoms with E-state index in [1.807, 2.05) is 6.92 Å². The zero-order valence-corrected chi connectivity index (χ0v) is 10.8. The molecule has 2 unspecified atom stereocenters. The predicted octanol–water partition coefficient (Wildman–Crippen LogP) is -0.817. The Kier molecular flexibility index (Phi) is 4.19. The van der Waals surface area contributed by atoms with Crippen molar-refractivity contribution in [3.63, 3.8) is 0 Å². The summed E-state index contributed by atoms with van der Waals surface area (Å²) in [6.45, 7) is 4.12. The summed E-state index contributed by atoms with van der Waals surface area (Å²) in [4.78, 5) is 27.5. The molecule has 0 aromatic heterocycles. The first kappa shape index (κ1) is 13.3.